The van der Waals surface area contributed by atoms with E-state index < -0.39 is 52.3 Å². The van der Waals surface area contributed by atoms with Crippen molar-refractivity contribution >= 4 is 17.5 Å². The predicted molar refractivity (Wildman–Crippen MR) is 164 cm³/mol. The molecule has 0 saturated heterocycles. The highest BCUT2D eigenvalue weighted by Gasteiger charge is 2.61. The number of aliphatic hydroxyl groups is 2. The number of hydrogen-bond donors (Lipinski definition) is 6. The van der Waals surface area contributed by atoms with Gasteiger partial charge < -0.3 is 36.6 Å². The highest BCUT2D eigenvalue weighted by atomic mass is 16.3. The number of allylic oxidation sites excluding steroid dienone is 1. The van der Waals surface area contributed by atoms with Gasteiger partial charge in [-0.1, -0.05) is 47.6 Å². The molecule has 0 bridgehead atoms. The molecule has 4 rings (SSSR count). The minimum Gasteiger partial charge on any atom is -0.508 e. The number of benzene rings is 1. The van der Waals surface area contributed by atoms with Gasteiger partial charge in [-0.15, -0.1) is 0 Å². The number of nitrogens with zero attached hydrogens (tertiary/aromatic N) is 1. The highest BCUT2D eigenvalue weighted by molar-refractivity contribution is 6.24. The number of rotatable bonds is 8. The molecule has 4 atom stereocenters. The van der Waals surface area contributed by atoms with Gasteiger partial charge in [0.25, 0.3) is 5.91 Å². The van der Waals surface area contributed by atoms with Crippen LogP contribution < -0.4 is 16.4 Å². The van der Waals surface area contributed by atoms with Crippen LogP contribution in [-0.4, -0.2) is 76.5 Å². The summed E-state index contributed by atoms with van der Waals surface area (Å²) >= 11 is 0. The van der Waals surface area contributed by atoms with Gasteiger partial charge in [-0.3, -0.25) is 14.4 Å². The first-order chi connectivity index (χ1) is 19.8. The summed E-state index contributed by atoms with van der Waals surface area (Å²) in [4.78, 5) is 41.7. The Balaban J connectivity index is 1.84. The lowest BCUT2D eigenvalue weighted by Crippen LogP contribution is -2.62. The molecular weight excluding hydrogens is 548 g/mol. The Morgan fingerprint density at radius 2 is 1.58 bits per heavy atom. The Labute approximate surface area is 254 Å². The summed E-state index contributed by atoms with van der Waals surface area (Å²) in [6.07, 6.45) is 2.00. The number of ketones is 2. The molecule has 10 nitrogen and oxygen atoms in total. The number of nitrogens with two attached hydrogens (primary N) is 1. The molecule has 0 aromatic heterocycles. The smallest absolute Gasteiger partial charge is 0.252 e. The fraction of sp³-hybridized carbons (Fsp3) is 0.606. The molecular formula is C33H48N4O6. The first-order valence-electron chi connectivity index (χ1n) is 15.0. The number of amides is 1. The van der Waals surface area contributed by atoms with E-state index in [2.05, 4.69) is 52.2 Å². The number of primary amides is 1. The summed E-state index contributed by atoms with van der Waals surface area (Å²) in [6.45, 7) is 14.9. The van der Waals surface area contributed by atoms with Crippen molar-refractivity contribution < 1.29 is 29.7 Å². The number of aromatic hydroxyl groups is 1. The zero-order chi connectivity index (χ0) is 32.2. The molecule has 7 N–H and O–H groups in total. The Morgan fingerprint density at radius 3 is 2.09 bits per heavy atom. The number of carbonyl (C=O) groups excluding carboxylic acids is 3. The van der Waals surface area contributed by atoms with E-state index in [9.17, 15) is 29.7 Å². The minimum atomic E-state index is -2.49. The molecule has 1 aromatic rings. The maximum Gasteiger partial charge on any atom is 0.252 e. The van der Waals surface area contributed by atoms with E-state index >= 15 is 0 Å². The Kier molecular flexibility index (Phi) is 8.76. The number of aliphatic hydroxyl groups excluding tert-OH is 1. The third-order valence-electron chi connectivity index (χ3n) is 8.74. The van der Waals surface area contributed by atoms with E-state index in [0.29, 0.717) is 37.2 Å². The number of carbonyl (C=O) groups is 3. The van der Waals surface area contributed by atoms with E-state index in [1.165, 1.54) is 6.08 Å². The van der Waals surface area contributed by atoms with Gasteiger partial charge in [0.2, 0.25) is 5.78 Å². The van der Waals surface area contributed by atoms with Crippen LogP contribution in [0.4, 0.5) is 0 Å². The van der Waals surface area contributed by atoms with Crippen LogP contribution in [0.3, 0.4) is 0 Å². The molecule has 1 aromatic carbocycles. The number of phenolic OH excluding ortho intramolecular Hbond substituents is 1. The van der Waals surface area contributed by atoms with Crippen LogP contribution in [0.25, 0.3) is 0 Å². The van der Waals surface area contributed by atoms with Crippen molar-refractivity contribution in [1.29, 1.82) is 0 Å². The van der Waals surface area contributed by atoms with Crippen LogP contribution in [0, 0.1) is 22.7 Å². The lowest BCUT2D eigenvalue weighted by molar-refractivity contribution is -0.146. The zero-order valence-electron chi connectivity index (χ0n) is 26.7. The average molecular weight is 597 g/mol. The molecule has 0 unspecified atom stereocenters. The van der Waals surface area contributed by atoms with Crippen molar-refractivity contribution in [3.8, 4) is 5.75 Å². The summed E-state index contributed by atoms with van der Waals surface area (Å²) in [5, 5.41) is 41.8. The average Bonchev–Trinajstić information content (AvgIpc) is 2.86. The third-order valence-corrected chi connectivity index (χ3v) is 8.74. The standard InChI is InChI=1S/C33H48N4O6/c1-31(2,3)15-35-13-18-9-19(14-36-16-32(4,5)6)26(38)25-20(18)10-17-11-22-23(37(7)8)12-21(30(34)42)28(40)33(22,43)29(41)24(17)27(25)39/h9,12,17,22-23,35-36,38,41,43H,10-11,13-16H2,1-8H3,(H2,34,42)/t17-,22-,23+,33+/m0/s1. The van der Waals surface area contributed by atoms with Gasteiger partial charge in [0.15, 0.2) is 11.4 Å². The van der Waals surface area contributed by atoms with E-state index in [1.807, 2.05) is 6.07 Å². The van der Waals surface area contributed by atoms with E-state index in [0.717, 1.165) is 12.1 Å². The number of likely N-dealkylation sites (N-methyl/N-ethyl adjacent to an activating group) is 1. The molecule has 0 aliphatic heterocycles. The quantitative estimate of drug-likeness (QED) is 0.247. The van der Waals surface area contributed by atoms with Gasteiger partial charge in [0, 0.05) is 49.3 Å². The second-order valence-corrected chi connectivity index (χ2v) is 15.1. The number of phenols is 1. The van der Waals surface area contributed by atoms with Crippen LogP contribution in [0.15, 0.2) is 29.0 Å². The first kappa shape index (κ1) is 32.9. The summed E-state index contributed by atoms with van der Waals surface area (Å²) in [6, 6.07) is 1.35. The topological polar surface area (TPSA) is 165 Å². The lowest BCUT2D eigenvalue weighted by atomic mass is 9.59. The molecule has 1 amide bonds. The minimum absolute atomic E-state index is 0.00378. The monoisotopic (exact) mass is 596 g/mol. The van der Waals surface area contributed by atoms with Crippen molar-refractivity contribution in [3.05, 3.63) is 51.3 Å². The molecule has 0 heterocycles. The molecule has 0 fully saturated rings. The van der Waals surface area contributed by atoms with Crippen molar-refractivity contribution in [2.24, 2.45) is 28.4 Å². The fourth-order valence-corrected chi connectivity index (χ4v) is 6.71. The molecule has 10 heteroatoms. The van der Waals surface area contributed by atoms with E-state index in [4.69, 9.17) is 5.73 Å². The van der Waals surface area contributed by atoms with Crippen molar-refractivity contribution in [2.75, 3.05) is 27.2 Å². The molecule has 0 radical (unpaired) electrons. The van der Waals surface area contributed by atoms with Crippen molar-refractivity contribution in [2.45, 2.75) is 79.1 Å². The van der Waals surface area contributed by atoms with Crippen LogP contribution in [0.5, 0.6) is 5.75 Å². The van der Waals surface area contributed by atoms with Crippen LogP contribution in [-0.2, 0) is 29.1 Å². The van der Waals surface area contributed by atoms with Gasteiger partial charge in [-0.2, -0.15) is 0 Å². The molecule has 3 aliphatic rings. The number of hydrogen-bond acceptors (Lipinski definition) is 9. The Morgan fingerprint density at radius 1 is 1.02 bits per heavy atom. The van der Waals surface area contributed by atoms with Gasteiger partial charge >= 0.3 is 0 Å². The second-order valence-electron chi connectivity index (χ2n) is 15.1. The Bertz CT molecular complexity index is 1400. The van der Waals surface area contributed by atoms with Gasteiger partial charge in [0.1, 0.15) is 11.5 Å². The fourth-order valence-electron chi connectivity index (χ4n) is 6.71. The molecule has 0 saturated carbocycles. The maximum atomic E-state index is 14.2. The Hall–Kier alpha value is -3.05. The summed E-state index contributed by atoms with van der Waals surface area (Å²) in [5.41, 5.74) is 4.75. The lowest BCUT2D eigenvalue weighted by Gasteiger charge is -2.49. The van der Waals surface area contributed by atoms with Crippen LogP contribution in [0.2, 0.25) is 0 Å². The van der Waals surface area contributed by atoms with Crippen LogP contribution >= 0.6 is 0 Å². The highest BCUT2D eigenvalue weighted by Crippen LogP contribution is 2.51. The first-order valence-corrected chi connectivity index (χ1v) is 15.0. The van der Waals surface area contributed by atoms with Crippen LogP contribution in [0.1, 0.15) is 75.0 Å². The SMILES string of the molecule is CN(C)[C@@H]1C=C(C(N)=O)C(=O)[C@@]2(O)C(O)=C3C(=O)c4c(O)c(CNCC(C)(C)C)cc(CNCC(C)(C)C)c4C[C@H]3C[C@@H]12. The normalized spacial score (nSPS) is 25.8. The number of fused-ring (bicyclic) bond motifs is 3. The van der Waals surface area contributed by atoms with Gasteiger partial charge in [-0.25, -0.2) is 0 Å². The third kappa shape index (κ3) is 6.16. The molecule has 43 heavy (non-hydrogen) atoms. The summed E-state index contributed by atoms with van der Waals surface area (Å²) in [5.74, 6) is -4.90. The van der Waals surface area contributed by atoms with E-state index in [-0.39, 0.29) is 34.1 Å². The summed E-state index contributed by atoms with van der Waals surface area (Å²) in [7, 11) is 3.50. The van der Waals surface area contributed by atoms with Gasteiger partial charge in [-0.05, 0) is 60.9 Å². The van der Waals surface area contributed by atoms with E-state index in [1.54, 1.807) is 19.0 Å². The van der Waals surface area contributed by atoms with Gasteiger partial charge in [0.05, 0.1) is 11.1 Å². The van der Waals surface area contributed by atoms with Crippen molar-refractivity contribution in [3.63, 3.8) is 0 Å². The zero-order valence-corrected chi connectivity index (χ0v) is 26.7. The molecule has 0 spiro atoms. The molecule has 236 valence electrons. The maximum absolute atomic E-state index is 14.2. The number of Topliss-reactive ketones (excluding diaryl/α,β-unsaturated/α-hetero) is 2. The summed E-state index contributed by atoms with van der Waals surface area (Å²) < 4.78 is 0. The largest absolute Gasteiger partial charge is 0.508 e. The molecule has 3 aliphatic carbocycles. The predicted octanol–water partition coefficient (Wildman–Crippen LogP) is 2.51. The second kappa shape index (κ2) is 11.5. The number of nitrogens with one attached hydrogen (secondary N) is 2. The van der Waals surface area contributed by atoms with Crippen molar-refractivity contribution in [1.82, 2.24) is 15.5 Å².